The van der Waals surface area contributed by atoms with Gasteiger partial charge in [0.15, 0.2) is 0 Å². The Morgan fingerprint density at radius 3 is 1.08 bits per heavy atom. The molecule has 0 bridgehead atoms. The van der Waals surface area contributed by atoms with E-state index in [-0.39, 0.29) is 0 Å². The van der Waals surface area contributed by atoms with Crippen LogP contribution < -0.4 is 0 Å². The molecule has 0 saturated carbocycles. The van der Waals surface area contributed by atoms with E-state index >= 15 is 0 Å². The summed E-state index contributed by atoms with van der Waals surface area (Å²) in [5.41, 5.74) is 8.71. The number of hydrogen-bond acceptors (Lipinski definition) is 2. The second-order valence-corrected chi connectivity index (χ2v) is 9.51. The molecule has 0 fully saturated rings. The quantitative estimate of drug-likeness (QED) is 0.249. The van der Waals surface area contributed by atoms with Crippen molar-refractivity contribution < 1.29 is 0 Å². The van der Waals surface area contributed by atoms with Gasteiger partial charge in [-0.15, -0.1) is 10.2 Å². The Morgan fingerprint density at radius 1 is 0.289 bits per heavy atom. The van der Waals surface area contributed by atoms with Gasteiger partial charge in [0, 0.05) is 11.1 Å². The molecular formula is C36H24N2. The van der Waals surface area contributed by atoms with Crippen LogP contribution in [0, 0.1) is 0 Å². The van der Waals surface area contributed by atoms with Gasteiger partial charge in [-0.2, -0.15) is 0 Å². The Balaban J connectivity index is 1.14. The van der Waals surface area contributed by atoms with E-state index in [1.54, 1.807) is 0 Å². The third kappa shape index (κ3) is 4.03. The Labute approximate surface area is 221 Å². The van der Waals surface area contributed by atoms with Crippen molar-refractivity contribution >= 4 is 21.5 Å². The molecule has 0 atom stereocenters. The van der Waals surface area contributed by atoms with Crippen LogP contribution in [0.5, 0.6) is 0 Å². The number of hydrogen-bond donors (Lipinski definition) is 0. The minimum absolute atomic E-state index is 0.866. The lowest BCUT2D eigenvalue weighted by Crippen LogP contribution is -1.91. The number of aromatic nitrogens is 2. The summed E-state index contributed by atoms with van der Waals surface area (Å²) in [4.78, 5) is 0. The van der Waals surface area contributed by atoms with Crippen LogP contribution in [0.3, 0.4) is 0 Å². The topological polar surface area (TPSA) is 25.8 Å². The van der Waals surface area contributed by atoms with E-state index < -0.39 is 0 Å². The van der Waals surface area contributed by atoms with Gasteiger partial charge in [0.1, 0.15) is 0 Å². The van der Waals surface area contributed by atoms with Crippen LogP contribution >= 0.6 is 0 Å². The Hall–Kier alpha value is -5.08. The van der Waals surface area contributed by atoms with Crippen molar-refractivity contribution in [3.05, 3.63) is 146 Å². The molecule has 0 amide bonds. The van der Waals surface area contributed by atoms with E-state index in [1.807, 2.05) is 12.1 Å². The highest BCUT2D eigenvalue weighted by atomic mass is 15.1. The first-order valence-corrected chi connectivity index (χ1v) is 12.8. The second-order valence-electron chi connectivity index (χ2n) is 9.51. The lowest BCUT2D eigenvalue weighted by Gasteiger charge is -2.09. The van der Waals surface area contributed by atoms with Gasteiger partial charge in [-0.1, -0.05) is 133 Å². The van der Waals surface area contributed by atoms with Gasteiger partial charge in [-0.3, -0.25) is 0 Å². The minimum Gasteiger partial charge on any atom is -0.150 e. The molecule has 0 spiro atoms. The lowest BCUT2D eigenvalue weighted by atomic mass is 9.97. The van der Waals surface area contributed by atoms with Crippen LogP contribution in [0.15, 0.2) is 146 Å². The molecule has 0 N–H and O–H groups in total. The first-order chi connectivity index (χ1) is 18.8. The highest BCUT2D eigenvalue weighted by Gasteiger charge is 2.08. The fourth-order valence-corrected chi connectivity index (χ4v) is 5.24. The summed E-state index contributed by atoms with van der Waals surface area (Å²) in [7, 11) is 0. The standard InChI is InChI=1S/C36H24N2/c1-3-11-31-25(7-1)9-5-13-33(31)27-15-19-29(20-16-27)35-23-24-36(38-37-35)30-21-17-28(18-22-30)34-14-6-10-26-8-2-4-12-32(26)34/h1-24H. The molecule has 1 heterocycles. The average Bonchev–Trinajstić information content (AvgIpc) is 3.01. The van der Waals surface area contributed by atoms with Crippen molar-refractivity contribution in [2.75, 3.05) is 0 Å². The van der Waals surface area contributed by atoms with Crippen molar-refractivity contribution in [1.29, 1.82) is 0 Å². The van der Waals surface area contributed by atoms with Crippen molar-refractivity contribution in [3.63, 3.8) is 0 Å². The summed E-state index contributed by atoms with van der Waals surface area (Å²) >= 11 is 0. The predicted octanol–water partition coefficient (Wildman–Crippen LogP) is 9.45. The van der Waals surface area contributed by atoms with Gasteiger partial charge in [0.2, 0.25) is 0 Å². The van der Waals surface area contributed by atoms with Gasteiger partial charge in [0.25, 0.3) is 0 Å². The monoisotopic (exact) mass is 484 g/mol. The average molecular weight is 485 g/mol. The van der Waals surface area contributed by atoms with Gasteiger partial charge in [0.05, 0.1) is 11.4 Å². The van der Waals surface area contributed by atoms with Gasteiger partial charge >= 0.3 is 0 Å². The summed E-state index contributed by atoms with van der Waals surface area (Å²) in [6, 6.07) is 51.2. The minimum atomic E-state index is 0.866. The molecule has 0 radical (unpaired) electrons. The largest absolute Gasteiger partial charge is 0.150 e. The fraction of sp³-hybridized carbons (Fsp3) is 0. The molecule has 0 aliphatic rings. The highest BCUT2D eigenvalue weighted by Crippen LogP contribution is 2.32. The predicted molar refractivity (Wildman–Crippen MR) is 159 cm³/mol. The second kappa shape index (κ2) is 9.42. The van der Waals surface area contributed by atoms with Crippen LogP contribution in [0.2, 0.25) is 0 Å². The third-order valence-electron chi connectivity index (χ3n) is 7.23. The van der Waals surface area contributed by atoms with Crippen molar-refractivity contribution in [3.8, 4) is 44.8 Å². The van der Waals surface area contributed by atoms with Crippen LogP contribution in [0.25, 0.3) is 66.3 Å². The zero-order valence-electron chi connectivity index (χ0n) is 20.8. The first kappa shape index (κ1) is 22.1. The molecular weight excluding hydrogens is 460 g/mol. The normalized spacial score (nSPS) is 11.2. The highest BCUT2D eigenvalue weighted by molar-refractivity contribution is 5.97. The summed E-state index contributed by atoms with van der Waals surface area (Å²) in [6.07, 6.45) is 0. The van der Waals surface area contributed by atoms with E-state index in [1.165, 1.54) is 43.8 Å². The molecule has 2 nitrogen and oxygen atoms in total. The van der Waals surface area contributed by atoms with Gasteiger partial charge in [-0.25, -0.2) is 0 Å². The van der Waals surface area contributed by atoms with Crippen molar-refractivity contribution in [2.24, 2.45) is 0 Å². The molecule has 7 aromatic rings. The molecule has 0 aliphatic carbocycles. The van der Waals surface area contributed by atoms with Crippen LogP contribution in [0.4, 0.5) is 0 Å². The molecule has 6 aromatic carbocycles. The molecule has 0 saturated heterocycles. The molecule has 0 unspecified atom stereocenters. The van der Waals surface area contributed by atoms with E-state index in [9.17, 15) is 0 Å². The van der Waals surface area contributed by atoms with Crippen LogP contribution in [-0.2, 0) is 0 Å². The Kier molecular flexibility index (Phi) is 5.49. The number of benzene rings is 6. The summed E-state index contributed by atoms with van der Waals surface area (Å²) in [5.74, 6) is 0. The maximum absolute atomic E-state index is 4.55. The molecule has 0 aliphatic heterocycles. The van der Waals surface area contributed by atoms with Crippen molar-refractivity contribution in [1.82, 2.24) is 10.2 Å². The zero-order chi connectivity index (χ0) is 25.3. The molecule has 7 rings (SSSR count). The van der Waals surface area contributed by atoms with Crippen LogP contribution in [0.1, 0.15) is 0 Å². The SMILES string of the molecule is c1ccc2c(-c3ccc(-c4ccc(-c5ccc(-c6cccc7ccccc67)cc5)nn4)cc3)cccc2c1. The molecule has 38 heavy (non-hydrogen) atoms. The molecule has 178 valence electrons. The first-order valence-electron chi connectivity index (χ1n) is 12.8. The van der Waals surface area contributed by atoms with Gasteiger partial charge < -0.3 is 0 Å². The number of rotatable bonds is 4. The zero-order valence-corrected chi connectivity index (χ0v) is 20.8. The lowest BCUT2D eigenvalue weighted by molar-refractivity contribution is 1.04. The smallest absolute Gasteiger partial charge is 0.0930 e. The molecule has 2 heteroatoms. The van der Waals surface area contributed by atoms with E-state index in [0.717, 1.165) is 22.5 Å². The van der Waals surface area contributed by atoms with Gasteiger partial charge in [-0.05, 0) is 55.9 Å². The van der Waals surface area contributed by atoms with E-state index in [4.69, 9.17) is 0 Å². The maximum Gasteiger partial charge on any atom is 0.0930 e. The van der Waals surface area contributed by atoms with E-state index in [2.05, 4.69) is 144 Å². The number of fused-ring (bicyclic) bond motifs is 2. The third-order valence-corrected chi connectivity index (χ3v) is 7.23. The summed E-state index contributed by atoms with van der Waals surface area (Å²) in [6.45, 7) is 0. The number of nitrogens with zero attached hydrogens (tertiary/aromatic N) is 2. The summed E-state index contributed by atoms with van der Waals surface area (Å²) in [5, 5.41) is 14.1. The Morgan fingerprint density at radius 2 is 0.658 bits per heavy atom. The fourth-order valence-electron chi connectivity index (χ4n) is 5.24. The van der Waals surface area contributed by atoms with Crippen LogP contribution in [-0.4, -0.2) is 10.2 Å². The van der Waals surface area contributed by atoms with E-state index in [0.29, 0.717) is 0 Å². The maximum atomic E-state index is 4.55. The van der Waals surface area contributed by atoms with Crippen molar-refractivity contribution in [2.45, 2.75) is 0 Å². The molecule has 1 aromatic heterocycles. The summed E-state index contributed by atoms with van der Waals surface area (Å²) < 4.78 is 0. The Bertz CT molecular complexity index is 1730.